The van der Waals surface area contributed by atoms with E-state index >= 15 is 0 Å². The molecule has 2 rings (SSSR count). The van der Waals surface area contributed by atoms with Gasteiger partial charge in [-0.3, -0.25) is 0 Å². The number of ether oxygens (including phenoxy) is 3. The first kappa shape index (κ1) is 12.0. The van der Waals surface area contributed by atoms with Crippen LogP contribution in [0.3, 0.4) is 0 Å². The molecule has 2 aliphatic rings. The second-order valence-corrected chi connectivity index (χ2v) is 6.28. The van der Waals surface area contributed by atoms with Crippen molar-refractivity contribution >= 4 is 23.5 Å². The van der Waals surface area contributed by atoms with E-state index in [1.54, 1.807) is 0 Å². The van der Waals surface area contributed by atoms with Crippen molar-refractivity contribution < 1.29 is 14.2 Å². The maximum atomic E-state index is 6.06. The summed E-state index contributed by atoms with van der Waals surface area (Å²) in [6.07, 6.45) is 0.627. The van der Waals surface area contributed by atoms with Crippen molar-refractivity contribution in [2.75, 3.05) is 24.7 Å². The Kier molecular flexibility index (Phi) is 4.64. The first-order valence-electron chi connectivity index (χ1n) is 5.47. The van der Waals surface area contributed by atoms with Gasteiger partial charge in [0, 0.05) is 0 Å². The van der Waals surface area contributed by atoms with Crippen LogP contribution in [-0.2, 0) is 14.2 Å². The first-order chi connectivity index (χ1) is 7.35. The molecule has 0 saturated carbocycles. The van der Waals surface area contributed by atoms with Gasteiger partial charge in [0.05, 0.1) is 13.2 Å². The van der Waals surface area contributed by atoms with E-state index in [1.807, 2.05) is 23.5 Å². The number of epoxide rings is 2. The van der Waals surface area contributed by atoms with Crippen LogP contribution < -0.4 is 0 Å². The average molecular weight is 250 g/mol. The smallest absolute Gasteiger partial charge is 0.133 e. The molecule has 4 atom stereocenters. The van der Waals surface area contributed by atoms with Crippen LogP contribution >= 0.6 is 23.5 Å². The summed E-state index contributed by atoms with van der Waals surface area (Å²) in [5.41, 5.74) is 0.395. The Morgan fingerprint density at radius 2 is 1.47 bits per heavy atom. The summed E-state index contributed by atoms with van der Waals surface area (Å²) in [5.74, 6) is 2.14. The Bertz CT molecular complexity index is 175. The molecule has 0 amide bonds. The lowest BCUT2D eigenvalue weighted by atomic mass is 10.5. The van der Waals surface area contributed by atoms with Crippen LogP contribution in [0, 0.1) is 0 Å². The molecule has 4 unspecified atom stereocenters. The molecule has 2 saturated heterocycles. The Morgan fingerprint density at radius 3 is 1.73 bits per heavy atom. The molecule has 2 fully saturated rings. The first-order valence-corrected chi connectivity index (χ1v) is 7.56. The zero-order valence-electron chi connectivity index (χ0n) is 9.18. The molecule has 15 heavy (non-hydrogen) atoms. The van der Waals surface area contributed by atoms with Gasteiger partial charge < -0.3 is 14.2 Å². The highest BCUT2D eigenvalue weighted by Crippen LogP contribution is 2.34. The predicted octanol–water partition coefficient (Wildman–Crippen LogP) is 1.96. The summed E-state index contributed by atoms with van der Waals surface area (Å²) < 4.78 is 16.7. The Morgan fingerprint density at radius 1 is 1.07 bits per heavy atom. The summed E-state index contributed by atoms with van der Waals surface area (Å²) in [7, 11) is 0. The van der Waals surface area contributed by atoms with Crippen LogP contribution in [0.25, 0.3) is 0 Å². The zero-order chi connectivity index (χ0) is 10.7. The molecule has 0 aromatic rings. The second-order valence-electron chi connectivity index (χ2n) is 3.53. The van der Waals surface area contributed by atoms with E-state index in [9.17, 15) is 0 Å². The number of hydrogen-bond acceptors (Lipinski definition) is 5. The van der Waals surface area contributed by atoms with Gasteiger partial charge in [0.2, 0.25) is 0 Å². The molecular weight excluding hydrogens is 232 g/mol. The van der Waals surface area contributed by atoms with Crippen LogP contribution in [0.4, 0.5) is 0 Å². The molecule has 0 radical (unpaired) electrons. The predicted molar refractivity (Wildman–Crippen MR) is 64.4 cm³/mol. The van der Waals surface area contributed by atoms with Gasteiger partial charge in [-0.25, -0.2) is 0 Å². The quantitative estimate of drug-likeness (QED) is 0.486. The van der Waals surface area contributed by atoms with Gasteiger partial charge in [0.25, 0.3) is 0 Å². The van der Waals surface area contributed by atoms with Crippen molar-refractivity contribution in [1.82, 2.24) is 0 Å². The zero-order valence-corrected chi connectivity index (χ0v) is 10.8. The fourth-order valence-electron chi connectivity index (χ4n) is 1.35. The minimum absolute atomic E-state index is 0.197. The third-order valence-electron chi connectivity index (χ3n) is 2.26. The van der Waals surface area contributed by atoms with E-state index in [2.05, 4.69) is 13.8 Å². The third-order valence-corrected chi connectivity index (χ3v) is 4.41. The van der Waals surface area contributed by atoms with Gasteiger partial charge in [0.15, 0.2) is 0 Å². The topological polar surface area (TPSA) is 34.3 Å². The maximum absolute atomic E-state index is 6.06. The van der Waals surface area contributed by atoms with Gasteiger partial charge in [-0.1, -0.05) is 13.8 Å². The standard InChI is InChI=1S/C10H18O3S2/c1-3-14-9(7-5-11-7)13-10(15-4-2)8-6-12-8/h7-10H,3-6H2,1-2H3. The van der Waals surface area contributed by atoms with Gasteiger partial charge >= 0.3 is 0 Å². The van der Waals surface area contributed by atoms with Crippen LogP contribution in [0.5, 0.6) is 0 Å². The van der Waals surface area contributed by atoms with Crippen molar-refractivity contribution in [3.63, 3.8) is 0 Å². The Labute approximate surface area is 99.6 Å². The van der Waals surface area contributed by atoms with Gasteiger partial charge in [-0.2, -0.15) is 0 Å². The largest absolute Gasteiger partial charge is 0.369 e. The van der Waals surface area contributed by atoms with Crippen LogP contribution in [0.2, 0.25) is 0 Å². The van der Waals surface area contributed by atoms with Crippen molar-refractivity contribution in [3.05, 3.63) is 0 Å². The van der Waals surface area contributed by atoms with Crippen LogP contribution in [-0.4, -0.2) is 47.8 Å². The molecular formula is C10H18O3S2. The molecule has 0 aliphatic carbocycles. The highest BCUT2D eigenvalue weighted by Gasteiger charge is 2.40. The molecule has 0 aromatic carbocycles. The molecule has 0 N–H and O–H groups in total. The van der Waals surface area contributed by atoms with E-state index < -0.39 is 0 Å². The van der Waals surface area contributed by atoms with Crippen molar-refractivity contribution in [2.24, 2.45) is 0 Å². The lowest BCUT2D eigenvalue weighted by molar-refractivity contribution is 0.0576. The summed E-state index contributed by atoms with van der Waals surface area (Å²) in [6.45, 7) is 6.01. The minimum Gasteiger partial charge on any atom is -0.369 e. The van der Waals surface area contributed by atoms with Crippen LogP contribution in [0.15, 0.2) is 0 Å². The van der Waals surface area contributed by atoms with Crippen molar-refractivity contribution in [3.8, 4) is 0 Å². The fraction of sp³-hybridized carbons (Fsp3) is 1.00. The lowest BCUT2D eigenvalue weighted by Crippen LogP contribution is -2.26. The number of rotatable bonds is 8. The van der Waals surface area contributed by atoms with Crippen molar-refractivity contribution in [2.45, 2.75) is 36.9 Å². The molecule has 0 spiro atoms. The Hall–Kier alpha value is 0.580. The van der Waals surface area contributed by atoms with E-state index in [0.717, 1.165) is 24.7 Å². The Balaban J connectivity index is 1.78. The normalized spacial score (nSPS) is 32.4. The molecule has 0 aromatic heterocycles. The number of thioether (sulfide) groups is 2. The fourth-order valence-corrected chi connectivity index (χ4v) is 3.22. The molecule has 2 aliphatic heterocycles. The van der Waals surface area contributed by atoms with Crippen LogP contribution in [0.1, 0.15) is 13.8 Å². The maximum Gasteiger partial charge on any atom is 0.133 e. The summed E-state index contributed by atoms with van der Waals surface area (Å²) in [4.78, 5) is 0. The van der Waals surface area contributed by atoms with E-state index in [-0.39, 0.29) is 10.9 Å². The highest BCUT2D eigenvalue weighted by atomic mass is 32.2. The summed E-state index contributed by atoms with van der Waals surface area (Å²) in [6, 6.07) is 0. The number of hydrogen-bond donors (Lipinski definition) is 0. The summed E-state index contributed by atoms with van der Waals surface area (Å²) in [5, 5.41) is 0. The average Bonchev–Trinajstić information content (AvgIpc) is 3.05. The highest BCUT2D eigenvalue weighted by molar-refractivity contribution is 8.00. The monoisotopic (exact) mass is 250 g/mol. The van der Waals surface area contributed by atoms with E-state index in [0.29, 0.717) is 12.2 Å². The molecule has 0 bridgehead atoms. The molecule has 2 heterocycles. The summed E-state index contributed by atoms with van der Waals surface area (Å²) >= 11 is 3.66. The third kappa shape index (κ3) is 3.82. The molecule has 5 heteroatoms. The molecule has 88 valence electrons. The minimum atomic E-state index is 0.197. The lowest BCUT2D eigenvalue weighted by Gasteiger charge is -2.21. The molecule has 3 nitrogen and oxygen atoms in total. The SMILES string of the molecule is CCSC(OC(SCC)C1CO1)C1CO1. The van der Waals surface area contributed by atoms with E-state index in [4.69, 9.17) is 14.2 Å². The second kappa shape index (κ2) is 5.77. The van der Waals surface area contributed by atoms with Gasteiger partial charge in [0.1, 0.15) is 23.1 Å². The van der Waals surface area contributed by atoms with Crippen molar-refractivity contribution in [1.29, 1.82) is 0 Å². The van der Waals surface area contributed by atoms with Gasteiger partial charge in [-0.05, 0) is 11.5 Å². The van der Waals surface area contributed by atoms with Gasteiger partial charge in [-0.15, -0.1) is 23.5 Å². The van der Waals surface area contributed by atoms with E-state index in [1.165, 1.54) is 0 Å².